The van der Waals surface area contributed by atoms with E-state index in [1.54, 1.807) is 24.3 Å². The molecule has 1 amide bonds. The zero-order chi connectivity index (χ0) is 19.7. The first-order valence-electron chi connectivity index (χ1n) is 8.99. The largest absolute Gasteiger partial charge is 0.322 e. The number of benzene rings is 2. The highest BCUT2D eigenvalue weighted by Gasteiger charge is 2.26. The molecule has 1 heterocycles. The van der Waals surface area contributed by atoms with Crippen LogP contribution in [0.4, 0.5) is 10.1 Å². The highest BCUT2D eigenvalue weighted by Crippen LogP contribution is 2.24. The minimum atomic E-state index is -0.679. The van der Waals surface area contributed by atoms with Crippen molar-refractivity contribution in [2.45, 2.75) is 19.3 Å². The van der Waals surface area contributed by atoms with Crippen molar-refractivity contribution in [3.63, 3.8) is 0 Å². The lowest BCUT2D eigenvalue weighted by Crippen LogP contribution is -2.33. The van der Waals surface area contributed by atoms with Crippen LogP contribution in [0.1, 0.15) is 39.3 Å². The molecule has 0 radical (unpaired) electrons. The highest BCUT2D eigenvalue weighted by atomic mass is 19.1. The molecule has 5 nitrogen and oxygen atoms in total. The van der Waals surface area contributed by atoms with Crippen molar-refractivity contribution in [1.29, 1.82) is 0 Å². The van der Waals surface area contributed by atoms with E-state index in [-0.39, 0.29) is 17.0 Å². The number of carbonyl (C=O) groups excluding carboxylic acids is 2. The molecule has 0 atom stereocenters. The summed E-state index contributed by atoms with van der Waals surface area (Å²) in [6, 6.07) is 15.7. The van der Waals surface area contributed by atoms with E-state index in [1.165, 1.54) is 28.8 Å². The summed E-state index contributed by atoms with van der Waals surface area (Å²) in [7, 11) is 0. The summed E-state index contributed by atoms with van der Waals surface area (Å²) in [5.41, 5.74) is 1.18. The van der Waals surface area contributed by atoms with Crippen LogP contribution < -0.4 is 10.9 Å². The smallest absolute Gasteiger partial charge is 0.268 e. The standard InChI is InChI=1S/C22H17FN2O3/c23-14-6-4-7-15(12-14)24-21(27)18-13-17-19(10-5-11-20(17)26)25(22(18)28)16-8-2-1-3-9-16/h1-4,6-9,12-13H,5,10-11H2,(H,24,27). The Morgan fingerprint density at radius 1 is 0.964 bits per heavy atom. The summed E-state index contributed by atoms with van der Waals surface area (Å²) in [4.78, 5) is 38.4. The molecule has 140 valence electrons. The lowest BCUT2D eigenvalue weighted by atomic mass is 9.92. The minimum absolute atomic E-state index is 0.0919. The Balaban J connectivity index is 1.86. The van der Waals surface area contributed by atoms with Crippen LogP contribution in [0.2, 0.25) is 0 Å². The Morgan fingerprint density at radius 2 is 1.75 bits per heavy atom. The Labute approximate surface area is 160 Å². The van der Waals surface area contributed by atoms with Crippen LogP contribution in [0.3, 0.4) is 0 Å². The van der Waals surface area contributed by atoms with E-state index in [4.69, 9.17) is 0 Å². The zero-order valence-electron chi connectivity index (χ0n) is 14.9. The topological polar surface area (TPSA) is 68.2 Å². The minimum Gasteiger partial charge on any atom is -0.322 e. The monoisotopic (exact) mass is 376 g/mol. The number of para-hydroxylation sites is 1. The summed E-state index contributed by atoms with van der Waals surface area (Å²) in [6.45, 7) is 0. The van der Waals surface area contributed by atoms with E-state index in [9.17, 15) is 18.8 Å². The number of amides is 1. The molecule has 0 aliphatic heterocycles. The van der Waals surface area contributed by atoms with Gasteiger partial charge in [0.2, 0.25) is 0 Å². The van der Waals surface area contributed by atoms with Crippen molar-refractivity contribution in [3.8, 4) is 5.69 Å². The van der Waals surface area contributed by atoms with Gasteiger partial charge in [-0.15, -0.1) is 0 Å². The SMILES string of the molecule is O=C1CCCc2c1cc(C(=O)Nc1cccc(F)c1)c(=O)n2-c1ccccc1. The van der Waals surface area contributed by atoms with Crippen LogP contribution >= 0.6 is 0 Å². The van der Waals surface area contributed by atoms with Gasteiger partial charge in [0.25, 0.3) is 11.5 Å². The van der Waals surface area contributed by atoms with Crippen LogP contribution in [-0.2, 0) is 6.42 Å². The summed E-state index contributed by atoms with van der Waals surface area (Å²) in [6.07, 6.45) is 1.62. The van der Waals surface area contributed by atoms with Crippen molar-refractivity contribution < 1.29 is 14.0 Å². The fourth-order valence-corrected chi connectivity index (χ4v) is 3.47. The molecule has 6 heteroatoms. The van der Waals surface area contributed by atoms with E-state index in [1.807, 2.05) is 6.07 Å². The van der Waals surface area contributed by atoms with E-state index in [0.717, 1.165) is 6.07 Å². The molecule has 0 unspecified atom stereocenters. The molecule has 2 aromatic carbocycles. The number of fused-ring (bicyclic) bond motifs is 1. The normalized spacial score (nSPS) is 13.1. The van der Waals surface area contributed by atoms with Gasteiger partial charge in [0.15, 0.2) is 5.78 Å². The molecule has 0 saturated carbocycles. The van der Waals surface area contributed by atoms with E-state index in [0.29, 0.717) is 36.2 Å². The van der Waals surface area contributed by atoms with Crippen molar-refractivity contribution in [2.24, 2.45) is 0 Å². The Bertz CT molecular complexity index is 1140. The molecule has 0 fully saturated rings. The number of rotatable bonds is 3. The van der Waals surface area contributed by atoms with Crippen LogP contribution in [0.25, 0.3) is 5.69 Å². The number of hydrogen-bond donors (Lipinski definition) is 1. The number of Topliss-reactive ketones (excluding diaryl/α,β-unsaturated/α-hetero) is 1. The number of carbonyl (C=O) groups is 2. The zero-order valence-corrected chi connectivity index (χ0v) is 14.9. The van der Waals surface area contributed by atoms with E-state index >= 15 is 0 Å². The molecule has 28 heavy (non-hydrogen) atoms. The maximum Gasteiger partial charge on any atom is 0.268 e. The lowest BCUT2D eigenvalue weighted by molar-refractivity contribution is 0.0971. The number of ketones is 1. The fraction of sp³-hybridized carbons (Fsp3) is 0.136. The maximum atomic E-state index is 13.4. The summed E-state index contributed by atoms with van der Waals surface area (Å²) >= 11 is 0. The third-order valence-electron chi connectivity index (χ3n) is 4.76. The third kappa shape index (κ3) is 3.24. The number of hydrogen-bond acceptors (Lipinski definition) is 3. The maximum absolute atomic E-state index is 13.4. The Kier molecular flexibility index (Phi) is 4.61. The van der Waals surface area contributed by atoms with Gasteiger partial charge in [-0.2, -0.15) is 0 Å². The average Bonchev–Trinajstić information content (AvgIpc) is 2.68. The predicted molar refractivity (Wildman–Crippen MR) is 104 cm³/mol. The summed E-state index contributed by atoms with van der Waals surface area (Å²) in [5.74, 6) is -1.27. The highest BCUT2D eigenvalue weighted by molar-refractivity contribution is 6.06. The summed E-state index contributed by atoms with van der Waals surface area (Å²) in [5, 5.41) is 2.54. The Morgan fingerprint density at radius 3 is 2.50 bits per heavy atom. The van der Waals surface area contributed by atoms with E-state index < -0.39 is 17.3 Å². The first kappa shape index (κ1) is 17.9. The second-order valence-electron chi connectivity index (χ2n) is 6.64. The number of halogens is 1. The number of aromatic nitrogens is 1. The first-order chi connectivity index (χ1) is 13.5. The van der Waals surface area contributed by atoms with Gasteiger partial charge in [-0.3, -0.25) is 19.0 Å². The molecule has 0 saturated heterocycles. The van der Waals surface area contributed by atoms with Crippen molar-refractivity contribution in [2.75, 3.05) is 5.32 Å². The second kappa shape index (κ2) is 7.23. The van der Waals surface area contributed by atoms with Gasteiger partial charge < -0.3 is 5.32 Å². The molecule has 1 aromatic heterocycles. The molecule has 1 N–H and O–H groups in total. The molecular weight excluding hydrogens is 359 g/mol. The number of anilines is 1. The van der Waals surface area contributed by atoms with Crippen LogP contribution in [0, 0.1) is 5.82 Å². The number of nitrogens with zero attached hydrogens (tertiary/aromatic N) is 1. The van der Waals surface area contributed by atoms with Crippen molar-refractivity contribution in [3.05, 3.63) is 93.7 Å². The van der Waals surface area contributed by atoms with Crippen LogP contribution in [-0.4, -0.2) is 16.3 Å². The van der Waals surface area contributed by atoms with Gasteiger partial charge in [0.05, 0.1) is 0 Å². The third-order valence-corrected chi connectivity index (χ3v) is 4.76. The fourth-order valence-electron chi connectivity index (χ4n) is 3.47. The number of pyridine rings is 1. The molecule has 3 aromatic rings. The van der Waals surface area contributed by atoms with Crippen LogP contribution in [0.15, 0.2) is 65.5 Å². The Hall–Kier alpha value is -3.54. The molecule has 1 aliphatic carbocycles. The van der Waals surface area contributed by atoms with Gasteiger partial charge in [-0.1, -0.05) is 24.3 Å². The average molecular weight is 376 g/mol. The molecular formula is C22H17FN2O3. The summed E-state index contributed by atoms with van der Waals surface area (Å²) < 4.78 is 14.8. The van der Waals surface area contributed by atoms with Gasteiger partial charge in [-0.05, 0) is 49.2 Å². The molecule has 0 spiro atoms. The van der Waals surface area contributed by atoms with Crippen LogP contribution in [0.5, 0.6) is 0 Å². The van der Waals surface area contributed by atoms with E-state index in [2.05, 4.69) is 5.32 Å². The lowest BCUT2D eigenvalue weighted by Gasteiger charge is -2.21. The van der Waals surface area contributed by atoms with Gasteiger partial charge in [-0.25, -0.2) is 4.39 Å². The number of nitrogens with one attached hydrogen (secondary N) is 1. The van der Waals surface area contributed by atoms with Crippen molar-refractivity contribution in [1.82, 2.24) is 4.57 Å². The van der Waals surface area contributed by atoms with Gasteiger partial charge in [0.1, 0.15) is 11.4 Å². The van der Waals surface area contributed by atoms with Crippen molar-refractivity contribution >= 4 is 17.4 Å². The molecule has 0 bridgehead atoms. The van der Waals surface area contributed by atoms with Gasteiger partial charge in [0, 0.05) is 29.1 Å². The first-order valence-corrected chi connectivity index (χ1v) is 8.99. The molecule has 1 aliphatic rings. The van der Waals surface area contributed by atoms with Gasteiger partial charge >= 0.3 is 0 Å². The quantitative estimate of drug-likeness (QED) is 0.757. The molecule has 4 rings (SSSR count). The predicted octanol–water partition coefficient (Wildman–Crippen LogP) is 3.75. The second-order valence-corrected chi connectivity index (χ2v) is 6.64.